The highest BCUT2D eigenvalue weighted by atomic mass is 28.3. The molecule has 1 atom stereocenters. The molecule has 0 aliphatic rings. The van der Waals surface area contributed by atoms with Gasteiger partial charge in [-0.3, -0.25) is 0 Å². The molecule has 0 fully saturated rings. The van der Waals surface area contributed by atoms with Gasteiger partial charge in [-0.05, 0) is 40.5 Å². The third-order valence-electron chi connectivity index (χ3n) is 6.17. The Morgan fingerprint density at radius 2 is 1.44 bits per heavy atom. The molecule has 0 bridgehead atoms. The van der Waals surface area contributed by atoms with Crippen molar-refractivity contribution in [2.24, 2.45) is 0 Å². The van der Waals surface area contributed by atoms with Crippen LogP contribution in [0.2, 0.25) is 16.6 Å². The maximum atomic E-state index is 10.7. The molecular formula is C23H32N2OSi. The lowest BCUT2D eigenvalue weighted by molar-refractivity contribution is 0.220. The first-order chi connectivity index (χ1) is 12.8. The average Bonchev–Trinajstić information content (AvgIpc) is 3.05. The summed E-state index contributed by atoms with van der Waals surface area (Å²) in [7, 11) is -1.83. The number of aliphatic hydroxyl groups is 1. The Labute approximate surface area is 164 Å². The van der Waals surface area contributed by atoms with Crippen molar-refractivity contribution in [2.75, 3.05) is 0 Å². The van der Waals surface area contributed by atoms with E-state index in [-0.39, 0.29) is 0 Å². The van der Waals surface area contributed by atoms with Crippen LogP contribution in [0.1, 0.15) is 58.8 Å². The predicted octanol–water partition coefficient (Wildman–Crippen LogP) is 6.14. The van der Waals surface area contributed by atoms with Gasteiger partial charge in [0.2, 0.25) is 0 Å². The van der Waals surface area contributed by atoms with E-state index >= 15 is 0 Å². The first-order valence-electron chi connectivity index (χ1n) is 10.0. The van der Waals surface area contributed by atoms with Crippen molar-refractivity contribution in [3.05, 3.63) is 66.0 Å². The van der Waals surface area contributed by atoms with Crippen LogP contribution in [0.25, 0.3) is 11.0 Å². The molecular weight excluding hydrogens is 348 g/mol. The highest BCUT2D eigenvalue weighted by molar-refractivity contribution is 6.82. The Morgan fingerprint density at radius 1 is 0.852 bits per heavy atom. The molecule has 27 heavy (non-hydrogen) atoms. The van der Waals surface area contributed by atoms with E-state index in [4.69, 9.17) is 4.98 Å². The van der Waals surface area contributed by atoms with Crippen LogP contribution < -0.4 is 0 Å². The zero-order valence-corrected chi connectivity index (χ0v) is 18.3. The summed E-state index contributed by atoms with van der Waals surface area (Å²) in [5, 5.41) is 11.9. The maximum absolute atomic E-state index is 10.7. The fourth-order valence-corrected chi connectivity index (χ4v) is 11.7. The minimum Gasteiger partial charge on any atom is -0.384 e. The number of aliphatic hydroxyl groups excluding tert-OH is 1. The largest absolute Gasteiger partial charge is 0.384 e. The van der Waals surface area contributed by atoms with Crippen LogP contribution in [0.5, 0.6) is 0 Å². The van der Waals surface area contributed by atoms with Crippen LogP contribution in [-0.4, -0.2) is 22.6 Å². The van der Waals surface area contributed by atoms with Crippen LogP contribution in [0.15, 0.2) is 54.9 Å². The van der Waals surface area contributed by atoms with Crippen LogP contribution in [0.4, 0.5) is 0 Å². The minimum atomic E-state index is -1.83. The van der Waals surface area contributed by atoms with E-state index < -0.39 is 14.3 Å². The second-order valence-electron chi connectivity index (χ2n) is 8.53. The van der Waals surface area contributed by atoms with Gasteiger partial charge in [0.1, 0.15) is 11.8 Å². The minimum absolute atomic E-state index is 0.615. The van der Waals surface area contributed by atoms with E-state index in [1.165, 1.54) is 0 Å². The number of nitrogens with zero attached hydrogens (tertiary/aromatic N) is 2. The first-order valence-corrected chi connectivity index (χ1v) is 12.2. The monoisotopic (exact) mass is 380 g/mol. The van der Waals surface area contributed by atoms with E-state index in [2.05, 4.69) is 64.1 Å². The lowest BCUT2D eigenvalue weighted by atomic mass is 10.0. The Kier molecular flexibility index (Phi) is 5.59. The summed E-state index contributed by atoms with van der Waals surface area (Å²) >= 11 is 0. The second-order valence-corrected chi connectivity index (χ2v) is 14.3. The summed E-state index contributed by atoms with van der Waals surface area (Å²) < 4.78 is 2.51. The Hall–Kier alpha value is -1.91. The van der Waals surface area contributed by atoms with E-state index in [1.54, 1.807) is 0 Å². The number of hydrogen-bond donors (Lipinski definition) is 1. The van der Waals surface area contributed by atoms with Crippen molar-refractivity contribution < 1.29 is 5.11 Å². The fourth-order valence-electron chi connectivity index (χ4n) is 5.17. The molecule has 0 spiro atoms. The average molecular weight is 381 g/mol. The van der Waals surface area contributed by atoms with Crippen LogP contribution in [0.3, 0.4) is 0 Å². The van der Waals surface area contributed by atoms with Gasteiger partial charge in [0.25, 0.3) is 0 Å². The number of fused-ring (bicyclic) bond motifs is 1. The molecule has 3 rings (SSSR count). The highest BCUT2D eigenvalue weighted by Gasteiger charge is 2.45. The molecule has 0 unspecified atom stereocenters. The summed E-state index contributed by atoms with van der Waals surface area (Å²) in [4.78, 5) is 4.84. The molecule has 0 saturated heterocycles. The quantitative estimate of drug-likeness (QED) is 0.521. The summed E-state index contributed by atoms with van der Waals surface area (Å²) in [5.41, 5.74) is 4.64. The molecule has 0 saturated carbocycles. The lowest BCUT2D eigenvalue weighted by Crippen LogP contribution is -2.51. The SMILES string of the molecule is CC(C)[Si](C(C)C)(C(C)C)n1ccc2cc([C@@H](O)c3ccccc3)cnc21. The molecule has 0 amide bonds. The number of aromatic nitrogens is 2. The number of rotatable bonds is 6. The first kappa shape index (κ1) is 19.8. The summed E-state index contributed by atoms with van der Waals surface area (Å²) in [6.07, 6.45) is 3.44. The highest BCUT2D eigenvalue weighted by Crippen LogP contribution is 2.44. The molecule has 2 heterocycles. The molecule has 0 radical (unpaired) electrons. The molecule has 1 aromatic carbocycles. The summed E-state index contributed by atoms with van der Waals surface area (Å²) in [6.45, 7) is 14.2. The van der Waals surface area contributed by atoms with E-state index in [0.717, 1.165) is 22.2 Å². The van der Waals surface area contributed by atoms with Crippen molar-refractivity contribution in [1.82, 2.24) is 9.22 Å². The zero-order valence-electron chi connectivity index (χ0n) is 17.3. The van der Waals surface area contributed by atoms with Gasteiger partial charge >= 0.3 is 0 Å². The zero-order chi connectivity index (χ0) is 19.8. The van der Waals surface area contributed by atoms with Crippen molar-refractivity contribution in [3.8, 4) is 0 Å². The predicted molar refractivity (Wildman–Crippen MR) is 117 cm³/mol. The molecule has 0 aliphatic carbocycles. The molecule has 144 valence electrons. The molecule has 3 nitrogen and oxygen atoms in total. The molecule has 0 aliphatic heterocycles. The van der Waals surface area contributed by atoms with Gasteiger partial charge < -0.3 is 9.34 Å². The Balaban J connectivity index is 2.10. The molecule has 3 aromatic rings. The van der Waals surface area contributed by atoms with Crippen molar-refractivity contribution in [1.29, 1.82) is 0 Å². The third-order valence-corrected chi connectivity index (χ3v) is 12.9. The van der Waals surface area contributed by atoms with E-state index in [9.17, 15) is 5.11 Å². The maximum Gasteiger partial charge on any atom is 0.171 e. The Bertz CT molecular complexity index is 877. The van der Waals surface area contributed by atoms with Crippen molar-refractivity contribution >= 4 is 19.3 Å². The second kappa shape index (κ2) is 7.61. The van der Waals surface area contributed by atoms with Gasteiger partial charge in [-0.25, -0.2) is 4.98 Å². The van der Waals surface area contributed by atoms with Crippen LogP contribution in [0, 0.1) is 0 Å². The number of pyridine rings is 1. The molecule has 1 N–H and O–H groups in total. The van der Waals surface area contributed by atoms with E-state index in [0.29, 0.717) is 16.6 Å². The van der Waals surface area contributed by atoms with Crippen LogP contribution in [-0.2, 0) is 0 Å². The summed E-state index contributed by atoms with van der Waals surface area (Å²) in [5.74, 6) is 0. The van der Waals surface area contributed by atoms with Gasteiger partial charge in [-0.15, -0.1) is 0 Å². The molecule has 4 heteroatoms. The fraction of sp³-hybridized carbons (Fsp3) is 0.435. The third kappa shape index (κ3) is 3.25. The summed E-state index contributed by atoms with van der Waals surface area (Å²) in [6, 6.07) is 14.0. The Morgan fingerprint density at radius 3 is 2.00 bits per heavy atom. The lowest BCUT2D eigenvalue weighted by Gasteiger charge is -2.44. The van der Waals surface area contributed by atoms with Crippen LogP contribution >= 0.6 is 0 Å². The van der Waals surface area contributed by atoms with E-state index in [1.807, 2.05) is 36.5 Å². The standard InChI is InChI=1S/C23H32N2OSi/c1-16(2)27(17(3)4,18(5)6)25-13-12-20-14-21(15-24-23(20)25)22(26)19-10-8-7-9-11-19/h7-18,22,26H,1-6H3/t22-/m0/s1. The number of benzene rings is 1. The van der Waals surface area contributed by atoms with Gasteiger partial charge in [0, 0.05) is 17.1 Å². The topological polar surface area (TPSA) is 38.0 Å². The molecule has 2 aromatic heterocycles. The van der Waals surface area contributed by atoms with Gasteiger partial charge in [0.15, 0.2) is 8.24 Å². The number of hydrogen-bond acceptors (Lipinski definition) is 2. The van der Waals surface area contributed by atoms with Crippen molar-refractivity contribution in [3.63, 3.8) is 0 Å². The normalized spacial score (nSPS) is 13.9. The van der Waals surface area contributed by atoms with Gasteiger partial charge in [-0.1, -0.05) is 71.9 Å². The van der Waals surface area contributed by atoms with Gasteiger partial charge in [-0.2, -0.15) is 0 Å². The van der Waals surface area contributed by atoms with Crippen molar-refractivity contribution in [2.45, 2.75) is 64.3 Å². The smallest absolute Gasteiger partial charge is 0.171 e. The van der Waals surface area contributed by atoms with Gasteiger partial charge in [0.05, 0.1) is 0 Å².